The van der Waals surface area contributed by atoms with Gasteiger partial charge in [0.1, 0.15) is 10.7 Å². The molecule has 0 aliphatic rings. The Morgan fingerprint density at radius 1 is 1.45 bits per heavy atom. The van der Waals surface area contributed by atoms with Crippen molar-refractivity contribution in [1.29, 1.82) is 0 Å². The first kappa shape index (κ1) is 17.8. The lowest BCUT2D eigenvalue weighted by Gasteiger charge is -2.30. The van der Waals surface area contributed by atoms with Crippen LogP contribution in [-0.2, 0) is 10.0 Å². The summed E-state index contributed by atoms with van der Waals surface area (Å²) < 4.78 is 41.1. The Bertz CT molecular complexity index is 602. The van der Waals surface area contributed by atoms with E-state index in [0.717, 1.165) is 12.1 Å². The van der Waals surface area contributed by atoms with Crippen LogP contribution in [0.4, 0.5) is 4.39 Å². The molecule has 8 heteroatoms. The molecule has 4 nitrogen and oxygen atoms in total. The highest BCUT2D eigenvalue weighted by Crippen LogP contribution is 2.29. The molecule has 0 saturated carbocycles. The van der Waals surface area contributed by atoms with Gasteiger partial charge in [-0.15, -0.1) is 0 Å². The zero-order valence-electron chi connectivity index (χ0n) is 11.4. The molecule has 0 aliphatic carbocycles. The number of nitrogens with one attached hydrogen (secondary N) is 1. The third-order valence-corrected chi connectivity index (χ3v) is 5.53. The molecule has 1 rings (SSSR count). The number of benzene rings is 1. The van der Waals surface area contributed by atoms with E-state index in [2.05, 4.69) is 20.7 Å². The van der Waals surface area contributed by atoms with E-state index in [9.17, 15) is 12.8 Å². The molecule has 0 unspecified atom stereocenters. The smallest absolute Gasteiger partial charge is 0.243 e. The fraction of sp³-hybridized carbons (Fsp3) is 0.500. The molecule has 0 spiro atoms. The van der Waals surface area contributed by atoms with Crippen LogP contribution in [0.1, 0.15) is 20.8 Å². The quantitative estimate of drug-likeness (QED) is 0.780. The van der Waals surface area contributed by atoms with E-state index >= 15 is 0 Å². The second kappa shape index (κ2) is 6.27. The summed E-state index contributed by atoms with van der Waals surface area (Å²) >= 11 is 8.80. The van der Waals surface area contributed by atoms with Crippen LogP contribution in [0.5, 0.6) is 0 Å². The van der Waals surface area contributed by atoms with E-state index in [1.807, 2.05) is 20.8 Å². The number of nitrogens with two attached hydrogens (primary N) is 1. The summed E-state index contributed by atoms with van der Waals surface area (Å²) in [7, 11) is -4.02. The maximum absolute atomic E-state index is 13.8. The van der Waals surface area contributed by atoms with Gasteiger partial charge in [-0.25, -0.2) is 17.5 Å². The summed E-state index contributed by atoms with van der Waals surface area (Å²) in [6.07, 6.45) is 0. The van der Waals surface area contributed by atoms with Gasteiger partial charge in [0.15, 0.2) is 0 Å². The zero-order chi connectivity index (χ0) is 15.7. The molecule has 114 valence electrons. The van der Waals surface area contributed by atoms with Crippen LogP contribution in [0.15, 0.2) is 21.5 Å². The lowest BCUT2D eigenvalue weighted by atomic mass is 9.88. The number of hydrogen-bond donors (Lipinski definition) is 2. The van der Waals surface area contributed by atoms with Crippen molar-refractivity contribution < 1.29 is 12.8 Å². The Labute approximate surface area is 132 Å². The molecule has 0 fully saturated rings. The molecule has 3 N–H and O–H groups in total. The summed E-state index contributed by atoms with van der Waals surface area (Å²) in [6, 6.07) is 1.58. The largest absolute Gasteiger partial charge is 0.329 e. The van der Waals surface area contributed by atoms with E-state index in [1.165, 1.54) is 0 Å². The molecule has 20 heavy (non-hydrogen) atoms. The molecule has 0 aromatic heterocycles. The minimum atomic E-state index is -4.02. The maximum Gasteiger partial charge on any atom is 0.243 e. The summed E-state index contributed by atoms with van der Waals surface area (Å²) in [5.74, 6) is -0.907. The number of rotatable bonds is 4. The van der Waals surface area contributed by atoms with Crippen LogP contribution in [-0.4, -0.2) is 21.0 Å². The molecule has 0 aliphatic heterocycles. The molecule has 0 saturated heterocycles. The van der Waals surface area contributed by atoms with Crippen LogP contribution in [0, 0.1) is 11.2 Å². The SMILES string of the molecule is CC(C)(C)[C@H](CN)NS(=O)(=O)c1cc(Br)c(Cl)cc1F. The minimum Gasteiger partial charge on any atom is -0.329 e. The first-order valence-corrected chi connectivity index (χ1v) is 8.51. The van der Waals surface area contributed by atoms with E-state index in [1.54, 1.807) is 0 Å². The predicted molar refractivity (Wildman–Crippen MR) is 81.7 cm³/mol. The first-order chi connectivity index (χ1) is 8.99. The average Bonchev–Trinajstić information content (AvgIpc) is 2.29. The van der Waals surface area contributed by atoms with Crippen molar-refractivity contribution in [3.63, 3.8) is 0 Å². The Hall–Kier alpha value is -0.210. The minimum absolute atomic E-state index is 0.104. The Kier molecular flexibility index (Phi) is 5.60. The van der Waals surface area contributed by atoms with Gasteiger partial charge >= 0.3 is 0 Å². The molecule has 1 atom stereocenters. The van der Waals surface area contributed by atoms with Gasteiger partial charge < -0.3 is 5.73 Å². The topological polar surface area (TPSA) is 72.2 Å². The summed E-state index contributed by atoms with van der Waals surface area (Å²) in [6.45, 7) is 5.66. The lowest BCUT2D eigenvalue weighted by molar-refractivity contribution is 0.304. The second-order valence-electron chi connectivity index (χ2n) is 5.47. The highest BCUT2D eigenvalue weighted by molar-refractivity contribution is 9.10. The third kappa shape index (κ3) is 4.14. The molecule has 0 amide bonds. The van der Waals surface area contributed by atoms with Crippen molar-refractivity contribution in [3.05, 3.63) is 27.4 Å². The van der Waals surface area contributed by atoms with Crippen LogP contribution in [0.25, 0.3) is 0 Å². The van der Waals surface area contributed by atoms with Gasteiger partial charge in [0.05, 0.1) is 5.02 Å². The zero-order valence-corrected chi connectivity index (χ0v) is 14.5. The van der Waals surface area contributed by atoms with Crippen LogP contribution < -0.4 is 10.5 Å². The Morgan fingerprint density at radius 2 is 2.00 bits per heavy atom. The average molecular weight is 388 g/mol. The normalized spacial score (nSPS) is 14.3. The monoisotopic (exact) mass is 386 g/mol. The summed E-state index contributed by atoms with van der Waals surface area (Å²) in [5, 5.41) is 0.104. The fourth-order valence-corrected chi connectivity index (χ4v) is 3.72. The van der Waals surface area contributed by atoms with Crippen molar-refractivity contribution in [2.45, 2.75) is 31.7 Å². The highest BCUT2D eigenvalue weighted by Gasteiger charge is 2.30. The maximum atomic E-state index is 13.8. The predicted octanol–water partition coefficient (Wildman–Crippen LogP) is 2.89. The molecule has 0 radical (unpaired) electrons. The standard InChI is InChI=1S/C12H17BrClFN2O2S/c1-12(2,3)11(6-16)17-20(18,19)10-4-7(13)8(14)5-9(10)15/h4-5,11,17H,6,16H2,1-3H3/t11-/m0/s1. The summed E-state index contributed by atoms with van der Waals surface area (Å²) in [4.78, 5) is -0.462. The van der Waals surface area contributed by atoms with Crippen LogP contribution >= 0.6 is 27.5 Å². The van der Waals surface area contributed by atoms with Gasteiger partial charge in [0.2, 0.25) is 10.0 Å². The van der Waals surface area contributed by atoms with Gasteiger partial charge in [-0.3, -0.25) is 0 Å². The van der Waals surface area contributed by atoms with Crippen molar-refractivity contribution in [3.8, 4) is 0 Å². The number of sulfonamides is 1. The fourth-order valence-electron chi connectivity index (χ4n) is 1.54. The highest BCUT2D eigenvalue weighted by atomic mass is 79.9. The molecular formula is C12H17BrClFN2O2S. The molecule has 1 aromatic rings. The Morgan fingerprint density at radius 3 is 2.45 bits per heavy atom. The van der Waals surface area contributed by atoms with Gasteiger partial charge in [-0.05, 0) is 33.5 Å². The van der Waals surface area contributed by atoms with E-state index in [-0.39, 0.29) is 17.0 Å². The molecular weight excluding hydrogens is 371 g/mol. The van der Waals surface area contributed by atoms with Gasteiger partial charge in [-0.2, -0.15) is 0 Å². The van der Waals surface area contributed by atoms with E-state index in [0.29, 0.717) is 4.47 Å². The lowest BCUT2D eigenvalue weighted by Crippen LogP contribution is -2.48. The summed E-state index contributed by atoms with van der Waals surface area (Å²) in [5.41, 5.74) is 5.20. The first-order valence-electron chi connectivity index (χ1n) is 5.86. The Balaban J connectivity index is 3.21. The molecule has 0 bridgehead atoms. The van der Waals surface area contributed by atoms with Crippen LogP contribution in [0.2, 0.25) is 5.02 Å². The third-order valence-electron chi connectivity index (χ3n) is 2.84. The molecule has 0 heterocycles. The van der Waals surface area contributed by atoms with Crippen molar-refractivity contribution in [2.24, 2.45) is 11.1 Å². The van der Waals surface area contributed by atoms with Crippen molar-refractivity contribution in [2.75, 3.05) is 6.54 Å². The van der Waals surface area contributed by atoms with Crippen LogP contribution in [0.3, 0.4) is 0 Å². The van der Waals surface area contributed by atoms with Gasteiger partial charge in [0.25, 0.3) is 0 Å². The van der Waals surface area contributed by atoms with E-state index in [4.69, 9.17) is 17.3 Å². The second-order valence-corrected chi connectivity index (χ2v) is 8.42. The number of hydrogen-bond acceptors (Lipinski definition) is 3. The van der Waals surface area contributed by atoms with Crippen molar-refractivity contribution in [1.82, 2.24) is 4.72 Å². The van der Waals surface area contributed by atoms with Gasteiger partial charge in [-0.1, -0.05) is 32.4 Å². The van der Waals surface area contributed by atoms with Gasteiger partial charge in [0, 0.05) is 17.1 Å². The van der Waals surface area contributed by atoms with E-state index < -0.39 is 26.8 Å². The van der Waals surface area contributed by atoms with Crippen molar-refractivity contribution >= 4 is 37.6 Å². The molecule has 1 aromatic carbocycles. The number of halogens is 3.